The molecule has 0 amide bonds. The van der Waals surface area contributed by atoms with Gasteiger partial charge in [0.2, 0.25) is 0 Å². The zero-order valence-corrected chi connectivity index (χ0v) is 33.2. The highest BCUT2D eigenvalue weighted by Gasteiger charge is 2.39. The fourth-order valence-corrected chi connectivity index (χ4v) is 9.65. The van der Waals surface area contributed by atoms with Crippen LogP contribution in [0.2, 0.25) is 0 Å². The molecule has 0 fully saturated rings. The van der Waals surface area contributed by atoms with E-state index >= 15 is 0 Å². The summed E-state index contributed by atoms with van der Waals surface area (Å²) >= 11 is 0. The molecule has 0 aliphatic heterocycles. The van der Waals surface area contributed by atoms with Crippen molar-refractivity contribution in [1.29, 1.82) is 0 Å². The maximum absolute atomic E-state index is 2.43. The molecule has 1 aliphatic carbocycles. The molecule has 0 unspecified atom stereocenters. The van der Waals surface area contributed by atoms with Crippen LogP contribution in [0.15, 0.2) is 218 Å². The van der Waals surface area contributed by atoms with E-state index in [0.29, 0.717) is 0 Å². The summed E-state index contributed by atoms with van der Waals surface area (Å²) in [6.45, 7) is 4.82. The highest BCUT2D eigenvalue weighted by Crippen LogP contribution is 2.56. The van der Waals surface area contributed by atoms with Gasteiger partial charge in [0, 0.05) is 39.2 Å². The second-order valence-corrected chi connectivity index (χ2v) is 16.1. The lowest BCUT2D eigenvalue weighted by Crippen LogP contribution is -2.17. The van der Waals surface area contributed by atoms with Crippen LogP contribution in [0.5, 0.6) is 0 Å². The molecule has 0 spiro atoms. The summed E-state index contributed by atoms with van der Waals surface area (Å²) in [6.07, 6.45) is 0. The van der Waals surface area contributed by atoms with E-state index < -0.39 is 0 Å². The van der Waals surface area contributed by atoms with Crippen LogP contribution in [0.3, 0.4) is 0 Å². The highest BCUT2D eigenvalue weighted by atomic mass is 15.1. The SMILES string of the molecule is CC1(C)c2cc(N(c3ccccc3)c3ccccc3)ccc2-c2c1c1ccc(-c3ccc(N(c4ccccc4)c4cccc5ccccc45)cc3)cc1c1ccccc21. The van der Waals surface area contributed by atoms with Gasteiger partial charge in [0.1, 0.15) is 0 Å². The zero-order chi connectivity index (χ0) is 39.5. The lowest BCUT2D eigenvalue weighted by atomic mass is 9.78. The van der Waals surface area contributed by atoms with Crippen molar-refractivity contribution in [2.75, 3.05) is 9.80 Å². The molecule has 0 N–H and O–H groups in total. The van der Waals surface area contributed by atoms with E-state index in [4.69, 9.17) is 0 Å². The average molecular weight is 755 g/mol. The quantitative estimate of drug-likeness (QED) is 0.150. The maximum Gasteiger partial charge on any atom is 0.0540 e. The average Bonchev–Trinajstić information content (AvgIpc) is 3.54. The Kier molecular flexibility index (Phi) is 8.20. The molecule has 1 aliphatic rings. The molecule has 0 bridgehead atoms. The van der Waals surface area contributed by atoms with E-state index in [2.05, 4.69) is 242 Å². The van der Waals surface area contributed by atoms with Crippen molar-refractivity contribution in [1.82, 2.24) is 0 Å². The van der Waals surface area contributed by atoms with Crippen molar-refractivity contribution in [3.8, 4) is 22.3 Å². The van der Waals surface area contributed by atoms with E-state index in [0.717, 1.165) is 34.1 Å². The van der Waals surface area contributed by atoms with Crippen LogP contribution in [0.25, 0.3) is 54.6 Å². The van der Waals surface area contributed by atoms with Crippen LogP contribution < -0.4 is 9.80 Å². The van der Waals surface area contributed by atoms with Crippen molar-refractivity contribution in [3.05, 3.63) is 230 Å². The number of benzene rings is 10. The number of fused-ring (bicyclic) bond motifs is 9. The van der Waals surface area contributed by atoms with Gasteiger partial charge in [0.15, 0.2) is 0 Å². The summed E-state index contributed by atoms with van der Waals surface area (Å²) in [5.41, 5.74) is 14.5. The highest BCUT2D eigenvalue weighted by molar-refractivity contribution is 6.19. The number of rotatable bonds is 7. The molecule has 0 atom stereocenters. The first-order chi connectivity index (χ1) is 29.0. The van der Waals surface area contributed by atoms with Crippen LogP contribution in [-0.2, 0) is 5.41 Å². The lowest BCUT2D eigenvalue weighted by Gasteiger charge is -2.28. The van der Waals surface area contributed by atoms with Crippen molar-refractivity contribution < 1.29 is 0 Å². The molecule has 59 heavy (non-hydrogen) atoms. The van der Waals surface area contributed by atoms with Gasteiger partial charge in [0.05, 0.1) is 5.69 Å². The van der Waals surface area contributed by atoms with Crippen molar-refractivity contribution in [3.63, 3.8) is 0 Å². The molecule has 0 radical (unpaired) electrons. The number of hydrogen-bond donors (Lipinski definition) is 0. The largest absolute Gasteiger partial charge is 0.310 e. The van der Waals surface area contributed by atoms with Gasteiger partial charge in [-0.15, -0.1) is 0 Å². The van der Waals surface area contributed by atoms with Gasteiger partial charge in [-0.1, -0.05) is 159 Å². The second kappa shape index (κ2) is 13.9. The number of anilines is 6. The summed E-state index contributed by atoms with van der Waals surface area (Å²) in [5, 5.41) is 7.65. The minimum atomic E-state index is -0.228. The van der Waals surface area contributed by atoms with Crippen LogP contribution in [-0.4, -0.2) is 0 Å². The molecule has 2 nitrogen and oxygen atoms in total. The van der Waals surface area contributed by atoms with Crippen LogP contribution in [0.4, 0.5) is 34.1 Å². The smallest absolute Gasteiger partial charge is 0.0540 e. The molecular formula is C57H42N2. The van der Waals surface area contributed by atoms with Gasteiger partial charge in [-0.25, -0.2) is 0 Å². The topological polar surface area (TPSA) is 6.48 Å². The third kappa shape index (κ3) is 5.71. The van der Waals surface area contributed by atoms with Gasteiger partial charge in [-0.05, 0) is 133 Å². The Morgan fingerprint density at radius 1 is 0.339 bits per heavy atom. The molecular weight excluding hydrogens is 713 g/mol. The third-order valence-electron chi connectivity index (χ3n) is 12.4. The summed E-state index contributed by atoms with van der Waals surface area (Å²) in [6, 6.07) is 79.6. The third-order valence-corrected chi connectivity index (χ3v) is 12.4. The predicted molar refractivity (Wildman–Crippen MR) is 251 cm³/mol. The van der Waals surface area contributed by atoms with Gasteiger partial charge in [-0.3, -0.25) is 0 Å². The molecule has 10 aromatic rings. The van der Waals surface area contributed by atoms with E-state index in [-0.39, 0.29) is 5.41 Å². The predicted octanol–water partition coefficient (Wildman–Crippen LogP) is 16.1. The second-order valence-electron chi connectivity index (χ2n) is 16.1. The van der Waals surface area contributed by atoms with Gasteiger partial charge in [-0.2, -0.15) is 0 Å². The van der Waals surface area contributed by atoms with Crippen LogP contribution in [0.1, 0.15) is 25.0 Å². The first-order valence-corrected chi connectivity index (χ1v) is 20.5. The summed E-state index contributed by atoms with van der Waals surface area (Å²) in [5.74, 6) is 0. The Morgan fingerprint density at radius 2 is 0.864 bits per heavy atom. The Morgan fingerprint density at radius 3 is 1.54 bits per heavy atom. The Labute approximate surface area is 345 Å². The number of para-hydroxylation sites is 3. The molecule has 0 aromatic heterocycles. The van der Waals surface area contributed by atoms with Crippen molar-refractivity contribution in [2.45, 2.75) is 19.3 Å². The Bertz CT molecular complexity index is 3120. The van der Waals surface area contributed by atoms with E-state index in [9.17, 15) is 0 Å². The normalized spacial score (nSPS) is 12.7. The Balaban J connectivity index is 1.02. The minimum Gasteiger partial charge on any atom is -0.310 e. The van der Waals surface area contributed by atoms with E-state index in [1.807, 2.05) is 0 Å². The molecule has 0 saturated carbocycles. The first kappa shape index (κ1) is 34.8. The van der Waals surface area contributed by atoms with Gasteiger partial charge in [0.25, 0.3) is 0 Å². The van der Waals surface area contributed by atoms with Gasteiger partial charge < -0.3 is 9.80 Å². The van der Waals surface area contributed by atoms with E-state index in [1.165, 1.54) is 65.7 Å². The lowest BCUT2D eigenvalue weighted by molar-refractivity contribution is 0.666. The number of nitrogens with zero attached hydrogens (tertiary/aromatic N) is 2. The van der Waals surface area contributed by atoms with Crippen LogP contribution >= 0.6 is 0 Å². The fraction of sp³-hybridized carbons (Fsp3) is 0.0526. The van der Waals surface area contributed by atoms with Crippen molar-refractivity contribution in [2.24, 2.45) is 0 Å². The molecule has 10 aromatic carbocycles. The molecule has 0 saturated heterocycles. The molecule has 280 valence electrons. The number of hydrogen-bond acceptors (Lipinski definition) is 2. The Hall–Kier alpha value is -7.42. The molecule has 11 rings (SSSR count). The first-order valence-electron chi connectivity index (χ1n) is 20.5. The van der Waals surface area contributed by atoms with E-state index in [1.54, 1.807) is 0 Å². The molecule has 2 heteroatoms. The zero-order valence-electron chi connectivity index (χ0n) is 33.2. The monoisotopic (exact) mass is 754 g/mol. The minimum absolute atomic E-state index is 0.228. The maximum atomic E-state index is 2.43. The standard InChI is InChI=1S/C57H42N2/c1-57(2)53-38-46(58(42-19-6-3-7-20-42)43-21-8-4-9-22-43)34-36-51(53)55-49-27-15-14-26-48(49)52-37-41(31-35-50(52)56(55)57)39-29-32-45(33-30-39)59(44-23-10-5-11-24-44)54-28-16-18-40-17-12-13-25-47(40)54/h3-38H,1-2H3. The fourth-order valence-electron chi connectivity index (χ4n) is 9.65. The summed E-state index contributed by atoms with van der Waals surface area (Å²) in [4.78, 5) is 4.74. The van der Waals surface area contributed by atoms with Crippen molar-refractivity contribution >= 4 is 66.4 Å². The summed E-state index contributed by atoms with van der Waals surface area (Å²) in [7, 11) is 0. The summed E-state index contributed by atoms with van der Waals surface area (Å²) < 4.78 is 0. The van der Waals surface area contributed by atoms with Gasteiger partial charge >= 0.3 is 0 Å². The van der Waals surface area contributed by atoms with Crippen LogP contribution in [0, 0.1) is 0 Å². The molecule has 0 heterocycles.